The fourth-order valence-corrected chi connectivity index (χ4v) is 4.92. The van der Waals surface area contributed by atoms with Crippen LogP contribution in [-0.4, -0.2) is 40.7 Å². The van der Waals surface area contributed by atoms with E-state index >= 15 is 0 Å². The lowest BCUT2D eigenvalue weighted by atomic mass is 10.1. The van der Waals surface area contributed by atoms with Crippen LogP contribution >= 0.6 is 11.8 Å². The number of hydrogen-bond donors (Lipinski definition) is 1. The molecule has 2 aromatic carbocycles. The molecule has 4 aromatic rings. The smallest absolute Gasteiger partial charge is 0.251 e. The molecule has 0 aliphatic rings. The molecule has 1 amide bonds. The normalized spacial score (nSPS) is 11.1. The highest BCUT2D eigenvalue weighted by atomic mass is 32.2. The zero-order chi connectivity index (χ0) is 23.9. The van der Waals surface area contributed by atoms with Crippen LogP contribution in [0.1, 0.15) is 39.0 Å². The molecule has 0 fully saturated rings. The Morgan fingerprint density at radius 2 is 1.82 bits per heavy atom. The minimum atomic E-state index is -0.0652. The van der Waals surface area contributed by atoms with Gasteiger partial charge in [0.2, 0.25) is 0 Å². The number of ether oxygens (including phenoxy) is 1. The Balaban J connectivity index is 1.50. The molecule has 7 heteroatoms. The number of nitrogens with zero attached hydrogens (tertiary/aromatic N) is 3. The molecule has 2 aromatic heterocycles. The number of imidazole rings is 1. The van der Waals surface area contributed by atoms with Gasteiger partial charge in [-0.2, -0.15) is 0 Å². The molecule has 0 atom stereocenters. The lowest BCUT2D eigenvalue weighted by molar-refractivity contribution is 0.0948. The number of amides is 1. The van der Waals surface area contributed by atoms with E-state index < -0.39 is 0 Å². The summed E-state index contributed by atoms with van der Waals surface area (Å²) in [6, 6.07) is 16.4. The molecule has 0 unspecified atom stereocenters. The Kier molecular flexibility index (Phi) is 7.98. The summed E-state index contributed by atoms with van der Waals surface area (Å²) in [5, 5.41) is 3.89. The summed E-state index contributed by atoms with van der Waals surface area (Å²) >= 11 is 1.73. The van der Waals surface area contributed by atoms with Crippen LogP contribution in [-0.2, 0) is 17.0 Å². The fourth-order valence-electron chi connectivity index (χ4n) is 3.98. The molecule has 6 nitrogen and oxygen atoms in total. The van der Waals surface area contributed by atoms with E-state index in [0.29, 0.717) is 25.3 Å². The minimum absolute atomic E-state index is 0.0652. The predicted molar refractivity (Wildman–Crippen MR) is 137 cm³/mol. The first-order valence-electron chi connectivity index (χ1n) is 11.4. The topological polar surface area (TPSA) is 69.0 Å². The summed E-state index contributed by atoms with van der Waals surface area (Å²) in [6.45, 7) is 6.16. The highest BCUT2D eigenvalue weighted by molar-refractivity contribution is 7.98. The molecule has 0 spiro atoms. The van der Waals surface area contributed by atoms with Crippen molar-refractivity contribution in [1.29, 1.82) is 0 Å². The lowest BCUT2D eigenvalue weighted by Gasteiger charge is -2.11. The van der Waals surface area contributed by atoms with Crippen molar-refractivity contribution in [2.24, 2.45) is 0 Å². The number of carbonyl (C=O) groups is 1. The molecule has 0 aliphatic carbocycles. The van der Waals surface area contributed by atoms with Gasteiger partial charge in [0.15, 0.2) is 5.16 Å². The van der Waals surface area contributed by atoms with Gasteiger partial charge in [0.1, 0.15) is 0 Å². The molecule has 0 radical (unpaired) electrons. The monoisotopic (exact) mass is 474 g/mol. The van der Waals surface area contributed by atoms with E-state index in [1.807, 2.05) is 36.5 Å². The summed E-state index contributed by atoms with van der Waals surface area (Å²) in [5.41, 5.74) is 7.54. The van der Waals surface area contributed by atoms with Crippen LogP contribution in [0.3, 0.4) is 0 Å². The standard InChI is InChI=1S/C27H30N4O2S/c1-19-13-20(2)15-22(14-19)18-34-27-30-24-9-11-28-16-25(24)31(27)17-21-5-7-23(8-6-21)26(32)29-10-4-12-33-3/h5-9,11,13-16H,4,10,12,17-18H2,1-3H3,(H,29,32). The van der Waals surface area contributed by atoms with E-state index in [0.717, 1.165) is 33.9 Å². The molecule has 2 heterocycles. The van der Waals surface area contributed by atoms with Crippen LogP contribution < -0.4 is 5.32 Å². The van der Waals surface area contributed by atoms with E-state index in [1.54, 1.807) is 25.1 Å². The number of fused-ring (bicyclic) bond motifs is 1. The molecular weight excluding hydrogens is 444 g/mol. The van der Waals surface area contributed by atoms with Crippen LogP contribution in [0, 0.1) is 13.8 Å². The van der Waals surface area contributed by atoms with Gasteiger partial charge in [0.05, 0.1) is 23.8 Å². The van der Waals surface area contributed by atoms with Gasteiger partial charge in [-0.05, 0) is 49.6 Å². The second-order valence-electron chi connectivity index (χ2n) is 8.43. The maximum atomic E-state index is 12.4. The van der Waals surface area contributed by atoms with Gasteiger partial charge in [-0.3, -0.25) is 9.78 Å². The first kappa shape index (κ1) is 24.0. The molecular formula is C27H30N4O2S. The third-order valence-electron chi connectivity index (χ3n) is 5.53. The maximum absolute atomic E-state index is 12.4. The number of methoxy groups -OCH3 is 1. The quantitative estimate of drug-likeness (QED) is 0.254. The van der Waals surface area contributed by atoms with E-state index in [4.69, 9.17) is 9.72 Å². The van der Waals surface area contributed by atoms with Crippen molar-refractivity contribution in [3.63, 3.8) is 0 Å². The Labute approximate surface area is 204 Å². The number of hydrogen-bond acceptors (Lipinski definition) is 5. The van der Waals surface area contributed by atoms with Gasteiger partial charge >= 0.3 is 0 Å². The van der Waals surface area contributed by atoms with Gasteiger partial charge in [-0.25, -0.2) is 4.98 Å². The van der Waals surface area contributed by atoms with Gasteiger partial charge in [-0.15, -0.1) is 0 Å². The molecule has 0 saturated heterocycles. The Bertz CT molecular complexity index is 1250. The second kappa shape index (κ2) is 11.3. The Hall–Kier alpha value is -3.16. The zero-order valence-corrected chi connectivity index (χ0v) is 20.7. The van der Waals surface area contributed by atoms with E-state index in [2.05, 4.69) is 46.9 Å². The maximum Gasteiger partial charge on any atom is 0.251 e. The van der Waals surface area contributed by atoms with Crippen molar-refractivity contribution in [2.45, 2.75) is 37.7 Å². The Morgan fingerprint density at radius 3 is 2.56 bits per heavy atom. The van der Waals surface area contributed by atoms with E-state index in [1.165, 1.54) is 16.7 Å². The van der Waals surface area contributed by atoms with Crippen LogP contribution in [0.15, 0.2) is 66.1 Å². The second-order valence-corrected chi connectivity index (χ2v) is 9.37. The summed E-state index contributed by atoms with van der Waals surface area (Å²) in [6.07, 6.45) is 4.44. The van der Waals surface area contributed by atoms with Gasteiger partial charge in [0, 0.05) is 37.8 Å². The summed E-state index contributed by atoms with van der Waals surface area (Å²) in [7, 11) is 1.66. The van der Waals surface area contributed by atoms with Gasteiger partial charge in [-0.1, -0.05) is 53.2 Å². The number of nitrogens with one attached hydrogen (secondary N) is 1. The average Bonchev–Trinajstić information content (AvgIpc) is 3.17. The molecule has 0 saturated carbocycles. The van der Waals surface area contributed by atoms with Crippen LogP contribution in [0.25, 0.3) is 11.0 Å². The predicted octanol–water partition coefficient (Wildman–Crippen LogP) is 5.16. The third kappa shape index (κ3) is 6.04. The number of benzene rings is 2. The van der Waals surface area contributed by atoms with Crippen LogP contribution in [0.2, 0.25) is 0 Å². The SMILES string of the molecule is COCCCNC(=O)c1ccc(Cn2c(SCc3cc(C)cc(C)c3)nc3ccncc32)cc1. The average molecular weight is 475 g/mol. The number of aromatic nitrogens is 3. The molecule has 1 N–H and O–H groups in total. The Morgan fingerprint density at radius 1 is 1.06 bits per heavy atom. The highest BCUT2D eigenvalue weighted by Crippen LogP contribution is 2.28. The van der Waals surface area contributed by atoms with Gasteiger partial charge in [0.25, 0.3) is 5.91 Å². The van der Waals surface area contributed by atoms with E-state index in [-0.39, 0.29) is 5.91 Å². The fraction of sp³-hybridized carbons (Fsp3) is 0.296. The van der Waals surface area contributed by atoms with E-state index in [9.17, 15) is 4.79 Å². The van der Waals surface area contributed by atoms with Crippen LogP contribution in [0.5, 0.6) is 0 Å². The molecule has 0 bridgehead atoms. The summed E-state index contributed by atoms with van der Waals surface area (Å²) in [4.78, 5) is 21.5. The zero-order valence-electron chi connectivity index (χ0n) is 19.9. The summed E-state index contributed by atoms with van der Waals surface area (Å²) in [5.74, 6) is 0.784. The van der Waals surface area contributed by atoms with Crippen molar-refractivity contribution in [2.75, 3.05) is 20.3 Å². The number of thioether (sulfide) groups is 1. The molecule has 176 valence electrons. The van der Waals surface area contributed by atoms with Gasteiger partial charge < -0.3 is 14.6 Å². The number of carbonyl (C=O) groups excluding carboxylic acids is 1. The van der Waals surface area contributed by atoms with Crippen LogP contribution in [0.4, 0.5) is 0 Å². The third-order valence-corrected chi connectivity index (χ3v) is 6.58. The van der Waals surface area contributed by atoms with Crippen molar-refractivity contribution in [3.05, 3.63) is 88.7 Å². The van der Waals surface area contributed by atoms with Crippen molar-refractivity contribution >= 4 is 28.7 Å². The lowest BCUT2D eigenvalue weighted by Crippen LogP contribution is -2.25. The number of rotatable bonds is 10. The minimum Gasteiger partial charge on any atom is -0.385 e. The largest absolute Gasteiger partial charge is 0.385 e. The highest BCUT2D eigenvalue weighted by Gasteiger charge is 2.13. The summed E-state index contributed by atoms with van der Waals surface area (Å²) < 4.78 is 7.23. The number of aryl methyl sites for hydroxylation is 2. The molecule has 4 rings (SSSR count). The van der Waals surface area contributed by atoms with Crippen molar-refractivity contribution in [1.82, 2.24) is 19.9 Å². The molecule has 34 heavy (non-hydrogen) atoms. The number of pyridine rings is 1. The molecule has 0 aliphatic heterocycles. The first-order chi connectivity index (χ1) is 16.5. The first-order valence-corrected chi connectivity index (χ1v) is 12.4. The van der Waals surface area contributed by atoms with Crippen molar-refractivity contribution in [3.8, 4) is 0 Å². The van der Waals surface area contributed by atoms with Crippen molar-refractivity contribution < 1.29 is 9.53 Å².